The zero-order valence-electron chi connectivity index (χ0n) is 11.0. The fourth-order valence-corrected chi connectivity index (χ4v) is 2.11. The van der Waals surface area contributed by atoms with E-state index in [4.69, 9.17) is 12.2 Å². The molecule has 0 aliphatic rings. The minimum absolute atomic E-state index is 0.793. The van der Waals surface area contributed by atoms with Crippen LogP contribution in [0.15, 0.2) is 0 Å². The highest BCUT2D eigenvalue weighted by Crippen LogP contribution is 2.14. The van der Waals surface area contributed by atoms with Gasteiger partial charge >= 0.3 is 0 Å². The molecule has 1 unspecified atom stereocenters. The van der Waals surface area contributed by atoms with Crippen molar-refractivity contribution in [3.05, 3.63) is 0 Å². The van der Waals surface area contributed by atoms with Crippen molar-refractivity contribution in [2.75, 3.05) is 26.2 Å². The fraction of sp³-hybridized carbons (Fsp3) is 0.857. The number of hydrogen-bond acceptors (Lipinski definition) is 2. The minimum atomic E-state index is 0.793. The van der Waals surface area contributed by atoms with Crippen molar-refractivity contribution < 1.29 is 0 Å². The van der Waals surface area contributed by atoms with Gasteiger partial charge in [-0.2, -0.15) is 0 Å². The molecule has 0 fully saturated rings. The first-order valence-electron chi connectivity index (χ1n) is 6.64. The molecule has 0 aromatic carbocycles. The zero-order valence-corrected chi connectivity index (χ0v) is 11.0. The van der Waals surface area contributed by atoms with Crippen LogP contribution in [0.2, 0.25) is 0 Å². The van der Waals surface area contributed by atoms with Gasteiger partial charge in [-0.25, -0.2) is 0 Å². The van der Waals surface area contributed by atoms with Gasteiger partial charge in [0.25, 0.3) is 0 Å². The summed E-state index contributed by atoms with van der Waals surface area (Å²) in [6.07, 6.45) is 11.5. The number of terminal acetylenes is 1. The first-order valence-corrected chi connectivity index (χ1v) is 6.64. The monoisotopic (exact) mass is 224 g/mol. The van der Waals surface area contributed by atoms with Crippen LogP contribution in [0.25, 0.3) is 0 Å². The van der Waals surface area contributed by atoms with Gasteiger partial charge < -0.3 is 5.73 Å². The molecule has 0 saturated carbocycles. The lowest BCUT2D eigenvalue weighted by Crippen LogP contribution is -2.26. The molecule has 2 heteroatoms. The van der Waals surface area contributed by atoms with Gasteiger partial charge in [0.15, 0.2) is 0 Å². The van der Waals surface area contributed by atoms with E-state index in [1.165, 1.54) is 32.1 Å². The van der Waals surface area contributed by atoms with Gasteiger partial charge in [-0.05, 0) is 51.2 Å². The molecule has 0 bridgehead atoms. The Morgan fingerprint density at radius 1 is 1.25 bits per heavy atom. The lowest BCUT2D eigenvalue weighted by atomic mass is 9.96. The first-order chi connectivity index (χ1) is 7.78. The molecule has 0 aromatic heterocycles. The van der Waals surface area contributed by atoms with Crippen LogP contribution >= 0.6 is 0 Å². The summed E-state index contributed by atoms with van der Waals surface area (Å²) >= 11 is 0. The molecule has 0 radical (unpaired) electrons. The van der Waals surface area contributed by atoms with E-state index < -0.39 is 0 Å². The van der Waals surface area contributed by atoms with Crippen LogP contribution in [0.3, 0.4) is 0 Å². The maximum Gasteiger partial charge on any atom is 0.0598 e. The van der Waals surface area contributed by atoms with E-state index in [0.717, 1.165) is 32.1 Å². The Hall–Kier alpha value is -0.520. The maximum atomic E-state index is 5.59. The van der Waals surface area contributed by atoms with Crippen molar-refractivity contribution in [3.63, 3.8) is 0 Å². The predicted molar refractivity (Wildman–Crippen MR) is 72.3 cm³/mol. The SMILES string of the molecule is C#CCN(CCC)CCCC(CC)CCN. The highest BCUT2D eigenvalue weighted by atomic mass is 15.1. The molecule has 0 aromatic rings. The third-order valence-corrected chi connectivity index (χ3v) is 3.09. The van der Waals surface area contributed by atoms with Crippen molar-refractivity contribution in [3.8, 4) is 12.3 Å². The van der Waals surface area contributed by atoms with E-state index in [2.05, 4.69) is 24.7 Å². The second kappa shape index (κ2) is 11.0. The number of rotatable bonds is 10. The zero-order chi connectivity index (χ0) is 12.2. The lowest BCUT2D eigenvalue weighted by molar-refractivity contribution is 0.286. The summed E-state index contributed by atoms with van der Waals surface area (Å²) in [7, 11) is 0. The quantitative estimate of drug-likeness (QED) is 0.578. The van der Waals surface area contributed by atoms with Crippen LogP contribution in [0, 0.1) is 18.3 Å². The second-order valence-electron chi connectivity index (χ2n) is 4.47. The average molecular weight is 224 g/mol. The molecule has 0 amide bonds. The van der Waals surface area contributed by atoms with Gasteiger partial charge in [0, 0.05) is 0 Å². The molecule has 0 spiro atoms. The Morgan fingerprint density at radius 2 is 2.00 bits per heavy atom. The Morgan fingerprint density at radius 3 is 2.50 bits per heavy atom. The summed E-state index contributed by atoms with van der Waals surface area (Å²) in [6.45, 7) is 8.33. The first kappa shape index (κ1) is 15.5. The Bertz CT molecular complexity index is 184. The van der Waals surface area contributed by atoms with Crippen molar-refractivity contribution in [2.45, 2.75) is 46.0 Å². The molecule has 16 heavy (non-hydrogen) atoms. The van der Waals surface area contributed by atoms with E-state index in [-0.39, 0.29) is 0 Å². The molecule has 0 aliphatic heterocycles. The summed E-state index contributed by atoms with van der Waals surface area (Å²) in [5.41, 5.74) is 5.59. The summed E-state index contributed by atoms with van der Waals surface area (Å²) in [6, 6.07) is 0. The molecule has 0 saturated heterocycles. The topological polar surface area (TPSA) is 29.3 Å². The number of hydrogen-bond donors (Lipinski definition) is 1. The molecule has 1 atom stereocenters. The molecule has 94 valence electrons. The van der Waals surface area contributed by atoms with Crippen LogP contribution < -0.4 is 5.73 Å². The minimum Gasteiger partial charge on any atom is -0.330 e. The molecule has 0 heterocycles. The van der Waals surface area contributed by atoms with Gasteiger partial charge in [0.1, 0.15) is 0 Å². The van der Waals surface area contributed by atoms with Crippen molar-refractivity contribution in [1.29, 1.82) is 0 Å². The van der Waals surface area contributed by atoms with E-state index in [1.54, 1.807) is 0 Å². The van der Waals surface area contributed by atoms with Gasteiger partial charge in [-0.3, -0.25) is 4.90 Å². The van der Waals surface area contributed by atoms with E-state index in [9.17, 15) is 0 Å². The molecular weight excluding hydrogens is 196 g/mol. The van der Waals surface area contributed by atoms with Crippen molar-refractivity contribution in [1.82, 2.24) is 4.90 Å². The summed E-state index contributed by atoms with van der Waals surface area (Å²) < 4.78 is 0. The number of nitrogens with two attached hydrogens (primary N) is 1. The van der Waals surface area contributed by atoms with Crippen LogP contribution in [0.1, 0.15) is 46.0 Å². The summed E-state index contributed by atoms with van der Waals surface area (Å²) in [5.74, 6) is 3.54. The largest absolute Gasteiger partial charge is 0.330 e. The Kier molecular flexibility index (Phi) is 10.6. The van der Waals surface area contributed by atoms with Crippen molar-refractivity contribution >= 4 is 0 Å². The predicted octanol–water partition coefficient (Wildman–Crippen LogP) is 2.49. The van der Waals surface area contributed by atoms with Crippen LogP contribution in [-0.2, 0) is 0 Å². The average Bonchev–Trinajstić information content (AvgIpc) is 2.28. The smallest absolute Gasteiger partial charge is 0.0598 e. The second-order valence-corrected chi connectivity index (χ2v) is 4.47. The van der Waals surface area contributed by atoms with Gasteiger partial charge in [-0.1, -0.05) is 26.2 Å². The molecule has 2 N–H and O–H groups in total. The molecule has 0 rings (SSSR count). The van der Waals surface area contributed by atoms with E-state index in [0.29, 0.717) is 0 Å². The third-order valence-electron chi connectivity index (χ3n) is 3.09. The molecular formula is C14H28N2. The maximum absolute atomic E-state index is 5.59. The van der Waals surface area contributed by atoms with Gasteiger partial charge in [-0.15, -0.1) is 6.42 Å². The molecule has 0 aliphatic carbocycles. The fourth-order valence-electron chi connectivity index (χ4n) is 2.11. The normalized spacial score (nSPS) is 12.7. The van der Waals surface area contributed by atoms with E-state index in [1.807, 2.05) is 0 Å². The van der Waals surface area contributed by atoms with E-state index >= 15 is 0 Å². The van der Waals surface area contributed by atoms with Crippen LogP contribution in [0.5, 0.6) is 0 Å². The van der Waals surface area contributed by atoms with Crippen LogP contribution in [0.4, 0.5) is 0 Å². The van der Waals surface area contributed by atoms with Crippen LogP contribution in [-0.4, -0.2) is 31.1 Å². The summed E-state index contributed by atoms with van der Waals surface area (Å²) in [4.78, 5) is 2.37. The van der Waals surface area contributed by atoms with Crippen molar-refractivity contribution in [2.24, 2.45) is 11.7 Å². The Labute approximate surface area is 102 Å². The summed E-state index contributed by atoms with van der Waals surface area (Å²) in [5, 5.41) is 0. The van der Waals surface area contributed by atoms with Gasteiger partial charge in [0.2, 0.25) is 0 Å². The highest BCUT2D eigenvalue weighted by molar-refractivity contribution is 4.88. The third kappa shape index (κ3) is 7.73. The standard InChI is InChI=1S/C14H28N2/c1-4-11-16(12-5-2)13-7-8-14(6-3)9-10-15/h1,14H,5-13,15H2,2-3H3. The molecule has 2 nitrogen and oxygen atoms in total. The number of nitrogens with zero attached hydrogens (tertiary/aromatic N) is 1. The lowest BCUT2D eigenvalue weighted by Gasteiger charge is -2.20. The Balaban J connectivity index is 3.70. The highest BCUT2D eigenvalue weighted by Gasteiger charge is 2.07. The van der Waals surface area contributed by atoms with Gasteiger partial charge in [0.05, 0.1) is 6.54 Å².